The topological polar surface area (TPSA) is 26.3 Å². The second-order valence-electron chi connectivity index (χ2n) is 4.77. The highest BCUT2D eigenvalue weighted by Crippen LogP contribution is 2.49. The molecule has 0 bridgehead atoms. The third-order valence-corrected chi connectivity index (χ3v) is 5.87. The van der Waals surface area contributed by atoms with Crippen LogP contribution in [-0.4, -0.2) is 12.8 Å². The first-order valence-electron chi connectivity index (χ1n) is 7.04. The van der Waals surface area contributed by atoms with Crippen LogP contribution in [0.15, 0.2) is 54.6 Å². The van der Waals surface area contributed by atoms with Gasteiger partial charge in [0.05, 0.1) is 6.61 Å². The van der Waals surface area contributed by atoms with E-state index in [9.17, 15) is 4.57 Å². The van der Waals surface area contributed by atoms with Crippen LogP contribution in [0, 0.1) is 0 Å². The van der Waals surface area contributed by atoms with E-state index in [1.54, 1.807) is 0 Å². The molecule has 0 saturated carbocycles. The Bertz CT molecular complexity index is 576. The second-order valence-corrected chi connectivity index (χ2v) is 7.61. The minimum atomic E-state index is -2.51. The van der Waals surface area contributed by atoms with Crippen molar-refractivity contribution in [3.8, 4) is 11.1 Å². The molecule has 0 heterocycles. The van der Waals surface area contributed by atoms with Gasteiger partial charge < -0.3 is 4.52 Å². The van der Waals surface area contributed by atoms with Gasteiger partial charge in [-0.1, -0.05) is 61.5 Å². The summed E-state index contributed by atoms with van der Waals surface area (Å²) < 4.78 is 17.9. The van der Waals surface area contributed by atoms with E-state index in [4.69, 9.17) is 4.52 Å². The van der Waals surface area contributed by atoms with Crippen molar-refractivity contribution in [2.45, 2.75) is 20.0 Å². The van der Waals surface area contributed by atoms with Crippen LogP contribution in [0.5, 0.6) is 0 Å². The highest BCUT2D eigenvalue weighted by Gasteiger charge is 2.20. The quantitative estimate of drug-likeness (QED) is 0.684. The number of hydrogen-bond acceptors (Lipinski definition) is 2. The molecule has 0 aliphatic rings. The number of benzene rings is 2. The van der Waals surface area contributed by atoms with Gasteiger partial charge >= 0.3 is 0 Å². The Labute approximate surface area is 121 Å². The molecule has 0 saturated heterocycles. The van der Waals surface area contributed by atoms with E-state index in [2.05, 4.69) is 24.3 Å². The summed E-state index contributed by atoms with van der Waals surface area (Å²) in [6, 6.07) is 18.5. The molecule has 0 amide bonds. The van der Waals surface area contributed by atoms with Crippen molar-refractivity contribution in [1.29, 1.82) is 0 Å². The molecule has 2 aromatic rings. The Kier molecular flexibility index (Phi) is 5.17. The van der Waals surface area contributed by atoms with Gasteiger partial charge in [-0.25, -0.2) is 0 Å². The Balaban J connectivity index is 2.15. The molecule has 1 atom stereocenters. The third kappa shape index (κ3) is 3.82. The summed E-state index contributed by atoms with van der Waals surface area (Å²) >= 11 is 0. The summed E-state index contributed by atoms with van der Waals surface area (Å²) in [5, 5.41) is 0. The maximum Gasteiger partial charge on any atom is 0.207 e. The lowest BCUT2D eigenvalue weighted by atomic mass is 10.0. The van der Waals surface area contributed by atoms with Gasteiger partial charge in [-0.3, -0.25) is 4.57 Å². The van der Waals surface area contributed by atoms with E-state index in [1.807, 2.05) is 44.2 Å². The molecule has 0 N–H and O–H groups in total. The first-order chi connectivity index (χ1) is 9.67. The summed E-state index contributed by atoms with van der Waals surface area (Å²) in [6.07, 6.45) is 1.10. The molecular weight excluding hydrogens is 267 g/mol. The largest absolute Gasteiger partial charge is 0.329 e. The monoisotopic (exact) mass is 288 g/mol. The van der Waals surface area contributed by atoms with Crippen LogP contribution in [0.4, 0.5) is 0 Å². The minimum Gasteiger partial charge on any atom is -0.329 e. The van der Waals surface area contributed by atoms with Gasteiger partial charge in [-0.15, -0.1) is 0 Å². The van der Waals surface area contributed by atoms with Crippen LogP contribution in [-0.2, 0) is 15.3 Å². The first-order valence-corrected chi connectivity index (χ1v) is 9.03. The average Bonchev–Trinajstić information content (AvgIpc) is 2.49. The van der Waals surface area contributed by atoms with Crippen molar-refractivity contribution in [2.24, 2.45) is 0 Å². The smallest absolute Gasteiger partial charge is 0.207 e. The van der Waals surface area contributed by atoms with Crippen molar-refractivity contribution in [1.82, 2.24) is 0 Å². The Morgan fingerprint density at radius 2 is 1.50 bits per heavy atom. The zero-order valence-electron chi connectivity index (χ0n) is 12.1. The van der Waals surface area contributed by atoms with E-state index in [-0.39, 0.29) is 0 Å². The van der Waals surface area contributed by atoms with Gasteiger partial charge in [0.2, 0.25) is 7.37 Å². The maximum atomic E-state index is 12.5. The molecule has 0 radical (unpaired) electrons. The SMILES string of the molecule is CCOP(=O)(CC)Cc1ccc(-c2ccccc2)cc1. The van der Waals surface area contributed by atoms with Crippen molar-refractivity contribution in [3.63, 3.8) is 0 Å². The molecule has 1 unspecified atom stereocenters. The summed E-state index contributed by atoms with van der Waals surface area (Å²) in [6.45, 7) is 4.32. The minimum absolute atomic E-state index is 0.507. The van der Waals surface area contributed by atoms with Crippen LogP contribution < -0.4 is 0 Å². The molecule has 3 heteroatoms. The van der Waals surface area contributed by atoms with Gasteiger partial charge in [-0.05, 0) is 23.6 Å². The lowest BCUT2D eigenvalue weighted by molar-refractivity contribution is 0.333. The van der Waals surface area contributed by atoms with E-state index < -0.39 is 7.37 Å². The number of rotatable bonds is 6. The molecule has 0 fully saturated rings. The average molecular weight is 288 g/mol. The molecule has 106 valence electrons. The standard InChI is InChI=1S/C17H21O2P/c1-3-19-20(18,4-2)14-15-10-12-17(13-11-15)16-8-6-5-7-9-16/h5-13H,3-4,14H2,1-2H3. The van der Waals surface area contributed by atoms with Crippen LogP contribution >= 0.6 is 7.37 Å². The maximum absolute atomic E-state index is 12.5. The summed E-state index contributed by atoms with van der Waals surface area (Å²) in [4.78, 5) is 0. The summed E-state index contributed by atoms with van der Waals surface area (Å²) in [5.74, 6) is 0. The fourth-order valence-electron chi connectivity index (χ4n) is 2.20. The van der Waals surface area contributed by atoms with E-state index in [1.165, 1.54) is 11.1 Å². The molecule has 0 aliphatic heterocycles. The molecule has 20 heavy (non-hydrogen) atoms. The van der Waals surface area contributed by atoms with Crippen molar-refractivity contribution < 1.29 is 9.09 Å². The van der Waals surface area contributed by atoms with Crippen molar-refractivity contribution in [2.75, 3.05) is 12.8 Å². The first kappa shape index (κ1) is 15.0. The fourth-order valence-corrected chi connectivity index (χ4v) is 3.93. The van der Waals surface area contributed by atoms with Crippen molar-refractivity contribution in [3.05, 3.63) is 60.2 Å². The lowest BCUT2D eigenvalue weighted by Gasteiger charge is -2.16. The highest BCUT2D eigenvalue weighted by molar-refractivity contribution is 7.58. The Morgan fingerprint density at radius 1 is 0.900 bits per heavy atom. The van der Waals surface area contributed by atoms with Crippen LogP contribution in [0.1, 0.15) is 19.4 Å². The normalized spacial score (nSPS) is 13.9. The van der Waals surface area contributed by atoms with Crippen LogP contribution in [0.25, 0.3) is 11.1 Å². The second kappa shape index (κ2) is 6.88. The number of hydrogen-bond donors (Lipinski definition) is 0. The van der Waals surface area contributed by atoms with Crippen LogP contribution in [0.2, 0.25) is 0 Å². The van der Waals surface area contributed by atoms with Gasteiger partial charge in [0.15, 0.2) is 0 Å². The van der Waals surface area contributed by atoms with Crippen LogP contribution in [0.3, 0.4) is 0 Å². The molecule has 2 nitrogen and oxygen atoms in total. The van der Waals surface area contributed by atoms with E-state index in [0.29, 0.717) is 18.9 Å². The zero-order chi connectivity index (χ0) is 14.4. The molecule has 0 aromatic heterocycles. The molecule has 2 rings (SSSR count). The highest BCUT2D eigenvalue weighted by atomic mass is 31.2. The predicted octanol–water partition coefficient (Wildman–Crippen LogP) is 5.19. The predicted molar refractivity (Wildman–Crippen MR) is 85.4 cm³/mol. The van der Waals surface area contributed by atoms with Gasteiger partial charge in [0.1, 0.15) is 0 Å². The summed E-state index contributed by atoms with van der Waals surface area (Å²) in [5.41, 5.74) is 3.45. The lowest BCUT2D eigenvalue weighted by Crippen LogP contribution is -1.96. The Morgan fingerprint density at radius 3 is 2.05 bits per heavy atom. The van der Waals surface area contributed by atoms with Gasteiger partial charge in [0, 0.05) is 12.3 Å². The zero-order valence-corrected chi connectivity index (χ0v) is 13.0. The van der Waals surface area contributed by atoms with E-state index >= 15 is 0 Å². The van der Waals surface area contributed by atoms with Crippen molar-refractivity contribution >= 4 is 7.37 Å². The molecule has 0 spiro atoms. The molecular formula is C17H21O2P. The third-order valence-electron chi connectivity index (χ3n) is 3.33. The van der Waals surface area contributed by atoms with Gasteiger partial charge in [0.25, 0.3) is 0 Å². The van der Waals surface area contributed by atoms with E-state index in [0.717, 1.165) is 5.56 Å². The molecule has 0 aliphatic carbocycles. The molecule has 2 aromatic carbocycles. The Hall–Kier alpha value is -1.37. The van der Waals surface area contributed by atoms with Gasteiger partial charge in [-0.2, -0.15) is 0 Å². The fraction of sp³-hybridized carbons (Fsp3) is 0.294. The summed E-state index contributed by atoms with van der Waals surface area (Å²) in [7, 11) is -2.51.